The molecule has 7 heteroatoms. The summed E-state index contributed by atoms with van der Waals surface area (Å²) in [5, 5.41) is 11.2. The molecule has 36 heavy (non-hydrogen) atoms. The maximum Gasteiger partial charge on any atom is 0.247 e. The molecule has 0 aliphatic carbocycles. The Morgan fingerprint density at radius 1 is 0.972 bits per heavy atom. The highest BCUT2D eigenvalue weighted by Gasteiger charge is 2.32. The lowest BCUT2D eigenvalue weighted by atomic mass is 10.0. The van der Waals surface area contributed by atoms with Gasteiger partial charge in [0.25, 0.3) is 0 Å². The predicted octanol–water partition coefficient (Wildman–Crippen LogP) is 4.91. The quantitative estimate of drug-likeness (QED) is 0.385. The van der Waals surface area contributed by atoms with E-state index >= 15 is 0 Å². The summed E-state index contributed by atoms with van der Waals surface area (Å²) in [4.78, 5) is 39.4. The van der Waals surface area contributed by atoms with Crippen molar-refractivity contribution >= 4 is 46.3 Å². The molecular formula is C29H26N4O3. The summed E-state index contributed by atoms with van der Waals surface area (Å²) in [6, 6.07) is 21.8. The minimum absolute atomic E-state index is 0.107. The number of amides is 2. The van der Waals surface area contributed by atoms with Crippen molar-refractivity contribution in [1.82, 2.24) is 15.1 Å². The number of ketones is 1. The standard InChI is InChI=1S/C29H26N4O3/c1-19(34)33-16-6-11-27(33)29(36)30-23-10-5-9-21(17-23)28(35)22-13-14-24-25(31-32-26(24)18-22)15-12-20-7-3-2-4-8-20/h2-5,7-10,12-15,17-18,27H,6,11,16H2,1H3,(H,30,36)(H,31,32)/b15-12+. The van der Waals surface area contributed by atoms with E-state index in [1.165, 1.54) is 6.92 Å². The van der Waals surface area contributed by atoms with E-state index in [1.54, 1.807) is 41.3 Å². The van der Waals surface area contributed by atoms with Gasteiger partial charge in [0.1, 0.15) is 6.04 Å². The number of carbonyl (C=O) groups is 3. The van der Waals surface area contributed by atoms with Gasteiger partial charge in [-0.15, -0.1) is 0 Å². The molecule has 1 aliphatic rings. The molecule has 1 aromatic heterocycles. The van der Waals surface area contributed by atoms with Gasteiger partial charge in [-0.2, -0.15) is 5.10 Å². The second kappa shape index (κ2) is 10.00. The molecule has 1 fully saturated rings. The van der Waals surface area contributed by atoms with Crippen molar-refractivity contribution in [1.29, 1.82) is 0 Å². The molecule has 0 spiro atoms. The number of hydrogen-bond acceptors (Lipinski definition) is 4. The Kier molecular flexibility index (Phi) is 6.45. The predicted molar refractivity (Wildman–Crippen MR) is 140 cm³/mol. The monoisotopic (exact) mass is 478 g/mol. The summed E-state index contributed by atoms with van der Waals surface area (Å²) >= 11 is 0. The zero-order valence-electron chi connectivity index (χ0n) is 19.9. The SMILES string of the molecule is CC(=O)N1CCCC1C(=O)Nc1cccc(C(=O)c2ccc3c(/C=C/c4ccccc4)n[nH]c3c2)c1. The summed E-state index contributed by atoms with van der Waals surface area (Å²) in [5.41, 5.74) is 4.15. The lowest BCUT2D eigenvalue weighted by molar-refractivity contribution is -0.134. The van der Waals surface area contributed by atoms with Gasteiger partial charge in [-0.05, 0) is 48.7 Å². The van der Waals surface area contributed by atoms with E-state index in [0.717, 1.165) is 28.6 Å². The van der Waals surface area contributed by atoms with Gasteiger partial charge in [0, 0.05) is 35.7 Å². The first kappa shape index (κ1) is 23.2. The molecule has 5 rings (SSSR count). The fraction of sp³-hybridized carbons (Fsp3) is 0.172. The smallest absolute Gasteiger partial charge is 0.247 e. The largest absolute Gasteiger partial charge is 0.331 e. The van der Waals surface area contributed by atoms with Gasteiger partial charge in [-0.1, -0.05) is 54.6 Å². The van der Waals surface area contributed by atoms with Gasteiger partial charge in [-0.3, -0.25) is 19.5 Å². The lowest BCUT2D eigenvalue weighted by Crippen LogP contribution is -2.42. The molecule has 2 amide bonds. The number of carbonyl (C=O) groups excluding carboxylic acids is 3. The van der Waals surface area contributed by atoms with Gasteiger partial charge in [0.15, 0.2) is 5.78 Å². The molecule has 1 atom stereocenters. The number of nitrogens with one attached hydrogen (secondary N) is 2. The third-order valence-corrected chi connectivity index (χ3v) is 6.44. The molecule has 2 heterocycles. The van der Waals surface area contributed by atoms with E-state index in [4.69, 9.17) is 0 Å². The number of aromatic nitrogens is 2. The summed E-state index contributed by atoms with van der Waals surface area (Å²) in [7, 11) is 0. The maximum atomic E-state index is 13.2. The summed E-state index contributed by atoms with van der Waals surface area (Å²) < 4.78 is 0. The van der Waals surface area contributed by atoms with Crippen LogP contribution in [0.2, 0.25) is 0 Å². The van der Waals surface area contributed by atoms with Gasteiger partial charge < -0.3 is 10.2 Å². The number of aromatic amines is 1. The number of nitrogens with zero attached hydrogens (tertiary/aromatic N) is 2. The molecule has 4 aromatic rings. The van der Waals surface area contributed by atoms with Gasteiger partial charge in [0.05, 0.1) is 11.2 Å². The first-order valence-electron chi connectivity index (χ1n) is 11.9. The lowest BCUT2D eigenvalue weighted by Gasteiger charge is -2.22. The molecule has 0 saturated carbocycles. The zero-order valence-corrected chi connectivity index (χ0v) is 19.9. The molecule has 2 N–H and O–H groups in total. The second-order valence-corrected chi connectivity index (χ2v) is 8.88. The molecule has 1 saturated heterocycles. The van der Waals surface area contributed by atoms with E-state index in [0.29, 0.717) is 29.8 Å². The number of H-pyrrole nitrogens is 1. The Balaban J connectivity index is 1.33. The van der Waals surface area contributed by atoms with Crippen molar-refractivity contribution < 1.29 is 14.4 Å². The molecule has 0 radical (unpaired) electrons. The molecule has 180 valence electrons. The summed E-state index contributed by atoms with van der Waals surface area (Å²) in [5.74, 6) is -0.498. The van der Waals surface area contributed by atoms with Crippen LogP contribution < -0.4 is 5.32 Å². The molecule has 3 aromatic carbocycles. The number of rotatable bonds is 6. The Labute approximate surface area is 208 Å². The van der Waals surface area contributed by atoms with Crippen LogP contribution in [0.4, 0.5) is 5.69 Å². The van der Waals surface area contributed by atoms with Crippen LogP contribution in [-0.2, 0) is 9.59 Å². The fourth-order valence-electron chi connectivity index (χ4n) is 4.59. The van der Waals surface area contributed by atoms with Crippen LogP contribution in [0.5, 0.6) is 0 Å². The number of likely N-dealkylation sites (tertiary alicyclic amines) is 1. The van der Waals surface area contributed by atoms with Crippen molar-refractivity contribution in [3.8, 4) is 0 Å². The highest BCUT2D eigenvalue weighted by atomic mass is 16.2. The molecule has 7 nitrogen and oxygen atoms in total. The minimum atomic E-state index is -0.477. The van der Waals surface area contributed by atoms with Crippen LogP contribution in [-0.4, -0.2) is 45.3 Å². The Bertz CT molecular complexity index is 1470. The highest BCUT2D eigenvalue weighted by Crippen LogP contribution is 2.23. The Hall–Kier alpha value is -4.52. The van der Waals surface area contributed by atoms with Gasteiger partial charge >= 0.3 is 0 Å². The number of anilines is 1. The van der Waals surface area contributed by atoms with Crippen LogP contribution in [0, 0.1) is 0 Å². The average molecular weight is 479 g/mol. The third kappa shape index (κ3) is 4.81. The zero-order chi connectivity index (χ0) is 25.1. The third-order valence-electron chi connectivity index (χ3n) is 6.44. The van der Waals surface area contributed by atoms with Crippen molar-refractivity contribution in [2.75, 3.05) is 11.9 Å². The topological polar surface area (TPSA) is 95.2 Å². The molecule has 0 bridgehead atoms. The van der Waals surface area contributed by atoms with Crippen LogP contribution in [0.1, 0.15) is 46.9 Å². The van der Waals surface area contributed by atoms with Crippen molar-refractivity contribution in [3.05, 3.63) is 95.2 Å². The fourth-order valence-corrected chi connectivity index (χ4v) is 4.59. The maximum absolute atomic E-state index is 13.2. The van der Waals surface area contributed by atoms with Gasteiger partial charge in [0.2, 0.25) is 11.8 Å². The van der Waals surface area contributed by atoms with Crippen LogP contribution in [0.15, 0.2) is 72.8 Å². The summed E-state index contributed by atoms with van der Waals surface area (Å²) in [6.07, 6.45) is 5.38. The first-order valence-corrected chi connectivity index (χ1v) is 11.9. The van der Waals surface area contributed by atoms with E-state index in [2.05, 4.69) is 15.5 Å². The molecule has 1 aliphatic heterocycles. The average Bonchev–Trinajstić information content (AvgIpc) is 3.55. The van der Waals surface area contributed by atoms with E-state index < -0.39 is 6.04 Å². The van der Waals surface area contributed by atoms with Crippen molar-refractivity contribution in [2.24, 2.45) is 0 Å². The summed E-state index contributed by atoms with van der Waals surface area (Å²) in [6.45, 7) is 2.07. The number of benzene rings is 3. The Morgan fingerprint density at radius 2 is 1.78 bits per heavy atom. The number of fused-ring (bicyclic) bond motifs is 1. The van der Waals surface area contributed by atoms with E-state index in [1.807, 2.05) is 48.6 Å². The first-order chi connectivity index (χ1) is 17.5. The van der Waals surface area contributed by atoms with Crippen molar-refractivity contribution in [2.45, 2.75) is 25.8 Å². The molecular weight excluding hydrogens is 452 g/mol. The van der Waals surface area contributed by atoms with E-state index in [-0.39, 0.29) is 17.6 Å². The number of hydrogen-bond donors (Lipinski definition) is 2. The van der Waals surface area contributed by atoms with Crippen LogP contribution >= 0.6 is 0 Å². The van der Waals surface area contributed by atoms with Gasteiger partial charge in [-0.25, -0.2) is 0 Å². The Morgan fingerprint density at radius 3 is 2.58 bits per heavy atom. The minimum Gasteiger partial charge on any atom is -0.331 e. The van der Waals surface area contributed by atoms with Crippen LogP contribution in [0.25, 0.3) is 23.1 Å². The highest BCUT2D eigenvalue weighted by molar-refractivity contribution is 6.11. The van der Waals surface area contributed by atoms with Crippen LogP contribution in [0.3, 0.4) is 0 Å². The normalized spacial score (nSPS) is 15.5. The van der Waals surface area contributed by atoms with Crippen molar-refractivity contribution in [3.63, 3.8) is 0 Å². The molecule has 1 unspecified atom stereocenters. The van der Waals surface area contributed by atoms with E-state index in [9.17, 15) is 14.4 Å². The second-order valence-electron chi connectivity index (χ2n) is 8.88.